The Morgan fingerprint density at radius 1 is 1.44 bits per heavy atom. The number of amides is 1. The van der Waals surface area contributed by atoms with Crippen LogP contribution in [0.3, 0.4) is 0 Å². The zero-order valence-corrected chi connectivity index (χ0v) is 14.4. The summed E-state index contributed by atoms with van der Waals surface area (Å²) in [7, 11) is 0. The van der Waals surface area contributed by atoms with Crippen molar-refractivity contribution in [2.45, 2.75) is 32.4 Å². The minimum Gasteiger partial charge on any atom is -0.444 e. The molecule has 1 N–H and O–H groups in total. The highest BCUT2D eigenvalue weighted by Gasteiger charge is 2.33. The maximum atomic E-state index is 14.2. The molecular formula is C16H22FN3O5. The zero-order chi connectivity index (χ0) is 18.8. The van der Waals surface area contributed by atoms with Gasteiger partial charge in [-0.15, -0.1) is 0 Å². The number of nitro benzene ring substituents is 1. The highest BCUT2D eigenvalue weighted by Crippen LogP contribution is 2.27. The fourth-order valence-electron chi connectivity index (χ4n) is 2.66. The van der Waals surface area contributed by atoms with Gasteiger partial charge in [0.25, 0.3) is 5.69 Å². The number of hydrogen-bond acceptors (Lipinski definition) is 6. The zero-order valence-electron chi connectivity index (χ0n) is 14.4. The first-order valence-electron chi connectivity index (χ1n) is 7.91. The van der Waals surface area contributed by atoms with Crippen molar-refractivity contribution in [1.82, 2.24) is 4.90 Å². The summed E-state index contributed by atoms with van der Waals surface area (Å²) < 4.78 is 19.6. The van der Waals surface area contributed by atoms with Gasteiger partial charge in [0, 0.05) is 25.7 Å². The molecule has 25 heavy (non-hydrogen) atoms. The van der Waals surface area contributed by atoms with Crippen LogP contribution in [-0.4, -0.2) is 58.9 Å². The summed E-state index contributed by atoms with van der Waals surface area (Å²) in [4.78, 5) is 25.3. The average Bonchev–Trinajstić information content (AvgIpc) is 2.52. The number of ether oxygens (including phenoxy) is 1. The van der Waals surface area contributed by atoms with Gasteiger partial charge in [0.05, 0.1) is 29.3 Å². The molecule has 0 aromatic heterocycles. The second-order valence-corrected chi connectivity index (χ2v) is 6.85. The van der Waals surface area contributed by atoms with Gasteiger partial charge in [-0.05, 0) is 26.8 Å². The summed E-state index contributed by atoms with van der Waals surface area (Å²) in [5, 5.41) is 20.4. The van der Waals surface area contributed by atoms with E-state index < -0.39 is 28.5 Å². The van der Waals surface area contributed by atoms with E-state index in [0.29, 0.717) is 6.54 Å². The van der Waals surface area contributed by atoms with E-state index in [-0.39, 0.29) is 31.1 Å². The van der Waals surface area contributed by atoms with Gasteiger partial charge < -0.3 is 19.6 Å². The number of non-ortho nitro benzene ring substituents is 1. The predicted octanol–water partition coefficient (Wildman–Crippen LogP) is 2.15. The van der Waals surface area contributed by atoms with Crippen LogP contribution in [0.1, 0.15) is 20.8 Å². The maximum Gasteiger partial charge on any atom is 0.410 e. The molecule has 0 saturated carbocycles. The standard InChI is InChI=1S/C16H22FN3O5/c1-16(2,3)25-15(22)18-6-7-19(12(9-18)10-21)14-5-4-11(20(23)24)8-13(14)17/h4-5,8,12,21H,6-7,9-10H2,1-3H3/t12-/m1/s1. The number of piperazine rings is 1. The smallest absolute Gasteiger partial charge is 0.410 e. The van der Waals surface area contributed by atoms with Gasteiger partial charge in [0.15, 0.2) is 5.82 Å². The number of nitro groups is 1. The number of rotatable bonds is 3. The molecule has 9 heteroatoms. The maximum absolute atomic E-state index is 14.2. The van der Waals surface area contributed by atoms with Crippen LogP contribution >= 0.6 is 0 Å². The van der Waals surface area contributed by atoms with Gasteiger partial charge in [0.2, 0.25) is 0 Å². The Labute approximate surface area is 144 Å². The fourth-order valence-corrected chi connectivity index (χ4v) is 2.66. The number of aliphatic hydroxyl groups is 1. The number of hydrogen-bond donors (Lipinski definition) is 1. The highest BCUT2D eigenvalue weighted by atomic mass is 19.1. The number of nitrogens with zero attached hydrogens (tertiary/aromatic N) is 3. The summed E-state index contributed by atoms with van der Waals surface area (Å²) >= 11 is 0. The minimum absolute atomic E-state index is 0.161. The number of benzene rings is 1. The number of carbonyl (C=O) groups is 1. The number of halogens is 1. The van der Waals surface area contributed by atoms with Crippen molar-refractivity contribution in [3.8, 4) is 0 Å². The minimum atomic E-state index is -0.738. The van der Waals surface area contributed by atoms with Crippen molar-refractivity contribution in [3.05, 3.63) is 34.1 Å². The number of anilines is 1. The molecule has 1 fully saturated rings. The van der Waals surface area contributed by atoms with Crippen LogP contribution < -0.4 is 4.90 Å². The third kappa shape index (κ3) is 4.56. The third-order valence-electron chi connectivity index (χ3n) is 3.80. The summed E-state index contributed by atoms with van der Waals surface area (Å²) in [5.41, 5.74) is -0.810. The summed E-state index contributed by atoms with van der Waals surface area (Å²) in [6.07, 6.45) is -0.491. The van der Waals surface area contributed by atoms with E-state index in [4.69, 9.17) is 4.74 Å². The van der Waals surface area contributed by atoms with Crippen LogP contribution in [0, 0.1) is 15.9 Å². The van der Waals surface area contributed by atoms with Gasteiger partial charge in [0.1, 0.15) is 5.60 Å². The molecule has 1 atom stereocenters. The van der Waals surface area contributed by atoms with Crippen LogP contribution in [0.15, 0.2) is 18.2 Å². The van der Waals surface area contributed by atoms with Gasteiger partial charge in [-0.1, -0.05) is 0 Å². The van der Waals surface area contributed by atoms with Gasteiger partial charge in [-0.25, -0.2) is 9.18 Å². The molecule has 0 unspecified atom stereocenters. The Morgan fingerprint density at radius 3 is 2.64 bits per heavy atom. The van der Waals surface area contributed by atoms with E-state index in [1.807, 2.05) is 0 Å². The summed E-state index contributed by atoms with van der Waals surface area (Å²) in [6, 6.07) is 2.85. The van der Waals surface area contributed by atoms with E-state index in [2.05, 4.69) is 0 Å². The molecule has 1 saturated heterocycles. The molecule has 0 bridgehead atoms. The average molecular weight is 355 g/mol. The topological polar surface area (TPSA) is 96.2 Å². The van der Waals surface area contributed by atoms with Crippen molar-refractivity contribution >= 4 is 17.5 Å². The molecule has 8 nitrogen and oxygen atoms in total. The lowest BCUT2D eigenvalue weighted by molar-refractivity contribution is -0.385. The van der Waals surface area contributed by atoms with E-state index in [0.717, 1.165) is 6.07 Å². The first kappa shape index (κ1) is 18.9. The monoisotopic (exact) mass is 355 g/mol. The van der Waals surface area contributed by atoms with Crippen LogP contribution in [0.4, 0.5) is 20.6 Å². The summed E-state index contributed by atoms with van der Waals surface area (Å²) in [5.74, 6) is -0.738. The molecule has 138 valence electrons. The van der Waals surface area contributed by atoms with Crippen molar-refractivity contribution < 1.29 is 24.0 Å². The summed E-state index contributed by atoms with van der Waals surface area (Å²) in [6.45, 7) is 5.73. The van der Waals surface area contributed by atoms with Gasteiger partial charge >= 0.3 is 6.09 Å². The van der Waals surface area contributed by atoms with E-state index in [9.17, 15) is 24.4 Å². The third-order valence-corrected chi connectivity index (χ3v) is 3.80. The molecular weight excluding hydrogens is 333 g/mol. The van der Waals surface area contributed by atoms with E-state index >= 15 is 0 Å². The van der Waals surface area contributed by atoms with Gasteiger partial charge in [-0.3, -0.25) is 10.1 Å². The van der Waals surface area contributed by atoms with Crippen LogP contribution in [0.25, 0.3) is 0 Å². The number of aliphatic hydroxyl groups excluding tert-OH is 1. The molecule has 1 aromatic carbocycles. The second kappa shape index (κ2) is 7.22. The highest BCUT2D eigenvalue weighted by molar-refractivity contribution is 5.69. The first-order chi connectivity index (χ1) is 11.6. The molecule has 1 aromatic rings. The predicted molar refractivity (Wildman–Crippen MR) is 89.1 cm³/mol. The van der Waals surface area contributed by atoms with Crippen LogP contribution in [-0.2, 0) is 4.74 Å². The van der Waals surface area contributed by atoms with E-state index in [1.165, 1.54) is 17.0 Å². The molecule has 2 rings (SSSR count). The Hall–Kier alpha value is -2.42. The Bertz CT molecular complexity index is 662. The fraction of sp³-hybridized carbons (Fsp3) is 0.562. The second-order valence-electron chi connectivity index (χ2n) is 6.85. The van der Waals surface area contributed by atoms with E-state index in [1.54, 1.807) is 25.7 Å². The Morgan fingerprint density at radius 2 is 2.12 bits per heavy atom. The molecule has 0 aliphatic carbocycles. The van der Waals surface area contributed by atoms with Crippen LogP contribution in [0.5, 0.6) is 0 Å². The molecule has 1 heterocycles. The van der Waals surface area contributed by atoms with Crippen molar-refractivity contribution in [2.24, 2.45) is 0 Å². The quantitative estimate of drug-likeness (QED) is 0.659. The Kier molecular flexibility index (Phi) is 5.46. The largest absolute Gasteiger partial charge is 0.444 e. The Balaban J connectivity index is 2.15. The SMILES string of the molecule is CC(C)(C)OC(=O)N1CCN(c2ccc([N+](=O)[O-])cc2F)[C@@H](CO)C1. The van der Waals surface area contributed by atoms with Crippen molar-refractivity contribution in [1.29, 1.82) is 0 Å². The van der Waals surface area contributed by atoms with Crippen LogP contribution in [0.2, 0.25) is 0 Å². The molecule has 1 aliphatic rings. The first-order valence-corrected chi connectivity index (χ1v) is 7.91. The normalized spacial score (nSPS) is 18.2. The van der Waals surface area contributed by atoms with Crippen molar-refractivity contribution in [3.63, 3.8) is 0 Å². The van der Waals surface area contributed by atoms with Crippen molar-refractivity contribution in [2.75, 3.05) is 31.1 Å². The molecule has 0 radical (unpaired) electrons. The lowest BCUT2D eigenvalue weighted by Gasteiger charge is -2.42. The lowest BCUT2D eigenvalue weighted by Crippen LogP contribution is -2.57. The molecule has 0 spiro atoms. The van der Waals surface area contributed by atoms with Gasteiger partial charge in [-0.2, -0.15) is 0 Å². The number of carbonyl (C=O) groups excluding carboxylic acids is 1. The molecule has 1 amide bonds. The molecule has 1 aliphatic heterocycles. The lowest BCUT2D eigenvalue weighted by atomic mass is 10.1.